The number of likely N-dealkylation sites (tertiary alicyclic amines) is 1. The monoisotopic (exact) mass is 441 g/mol. The second kappa shape index (κ2) is 9.30. The van der Waals surface area contributed by atoms with E-state index in [2.05, 4.69) is 0 Å². The Morgan fingerprint density at radius 3 is 2.50 bits per heavy atom. The van der Waals surface area contributed by atoms with Crippen molar-refractivity contribution in [3.8, 4) is 0 Å². The Morgan fingerprint density at radius 1 is 1.06 bits per heavy atom. The fourth-order valence-corrected chi connectivity index (χ4v) is 5.10. The number of benzene rings is 1. The van der Waals surface area contributed by atoms with E-state index in [-0.39, 0.29) is 29.6 Å². The molecular weight excluding hydrogens is 410 g/mol. The molecule has 3 aliphatic heterocycles. The molecule has 3 heterocycles. The Kier molecular flexibility index (Phi) is 6.48. The van der Waals surface area contributed by atoms with Gasteiger partial charge in [0.25, 0.3) is 11.8 Å². The number of piperidine rings is 2. The van der Waals surface area contributed by atoms with Gasteiger partial charge in [0.2, 0.25) is 5.91 Å². The minimum Gasteiger partial charge on any atom is -0.466 e. The molecule has 8 nitrogen and oxygen atoms in total. The molecule has 3 aliphatic rings. The summed E-state index contributed by atoms with van der Waals surface area (Å²) in [6, 6.07) is 5.79. The average molecular weight is 442 g/mol. The van der Waals surface area contributed by atoms with Crippen LogP contribution in [0.5, 0.6) is 0 Å². The lowest BCUT2D eigenvalue weighted by atomic mass is 9.96. The largest absolute Gasteiger partial charge is 0.466 e. The molecule has 1 aromatic carbocycles. The molecule has 2 atom stereocenters. The second-order valence-corrected chi connectivity index (χ2v) is 8.76. The van der Waals surface area contributed by atoms with Crippen molar-refractivity contribution >= 4 is 29.4 Å². The Balaban J connectivity index is 1.57. The van der Waals surface area contributed by atoms with Gasteiger partial charge in [-0.25, -0.2) is 0 Å². The summed E-state index contributed by atoms with van der Waals surface area (Å²) in [6.45, 7) is 5.32. The van der Waals surface area contributed by atoms with Crippen LogP contribution in [-0.4, -0.2) is 71.8 Å². The number of carbonyl (C=O) groups is 4. The molecule has 3 amide bonds. The van der Waals surface area contributed by atoms with Crippen molar-refractivity contribution in [1.82, 2.24) is 9.80 Å². The first-order chi connectivity index (χ1) is 15.4. The molecule has 0 aliphatic carbocycles. The van der Waals surface area contributed by atoms with Gasteiger partial charge in [-0.05, 0) is 58.1 Å². The van der Waals surface area contributed by atoms with Crippen molar-refractivity contribution in [2.45, 2.75) is 58.0 Å². The van der Waals surface area contributed by atoms with Crippen LogP contribution >= 0.6 is 0 Å². The zero-order valence-electron chi connectivity index (χ0n) is 18.8. The lowest BCUT2D eigenvalue weighted by Gasteiger charge is -2.38. The molecule has 172 valence electrons. The number of amides is 3. The molecule has 32 heavy (non-hydrogen) atoms. The lowest BCUT2D eigenvalue weighted by Crippen LogP contribution is -2.56. The summed E-state index contributed by atoms with van der Waals surface area (Å²) in [5.41, 5.74) is 0.963. The summed E-state index contributed by atoms with van der Waals surface area (Å²) in [7, 11) is 0. The van der Waals surface area contributed by atoms with E-state index in [0.717, 1.165) is 12.8 Å². The highest BCUT2D eigenvalue weighted by Gasteiger charge is 2.44. The first-order valence-electron chi connectivity index (χ1n) is 11.6. The zero-order chi connectivity index (χ0) is 22.8. The minimum absolute atomic E-state index is 0.143. The second-order valence-electron chi connectivity index (χ2n) is 8.76. The number of fused-ring (bicyclic) bond motifs is 2. The predicted octanol–water partition coefficient (Wildman–Crippen LogP) is 2.22. The summed E-state index contributed by atoms with van der Waals surface area (Å²) in [5, 5.41) is 0. The smallest absolute Gasteiger partial charge is 0.309 e. The van der Waals surface area contributed by atoms with Crippen LogP contribution in [0.3, 0.4) is 0 Å². The van der Waals surface area contributed by atoms with E-state index in [0.29, 0.717) is 56.8 Å². The highest BCUT2D eigenvalue weighted by atomic mass is 16.5. The van der Waals surface area contributed by atoms with E-state index in [1.165, 1.54) is 4.90 Å². The third-order valence-electron chi connectivity index (χ3n) is 6.85. The summed E-state index contributed by atoms with van der Waals surface area (Å²) < 4.78 is 5.12. The topological polar surface area (TPSA) is 87.2 Å². The van der Waals surface area contributed by atoms with Crippen molar-refractivity contribution in [1.29, 1.82) is 0 Å². The third kappa shape index (κ3) is 3.98. The van der Waals surface area contributed by atoms with Crippen LogP contribution in [0.4, 0.5) is 5.69 Å². The van der Waals surface area contributed by atoms with Crippen LogP contribution in [0.15, 0.2) is 24.3 Å². The van der Waals surface area contributed by atoms with Gasteiger partial charge in [0, 0.05) is 19.6 Å². The quantitative estimate of drug-likeness (QED) is 0.669. The van der Waals surface area contributed by atoms with E-state index in [1.54, 1.807) is 47.9 Å². The Bertz CT molecular complexity index is 909. The van der Waals surface area contributed by atoms with Crippen LogP contribution in [0.25, 0.3) is 0 Å². The lowest BCUT2D eigenvalue weighted by molar-refractivity contribution is -0.151. The number of ether oxygens (including phenoxy) is 1. The first-order valence-corrected chi connectivity index (χ1v) is 11.6. The molecule has 0 unspecified atom stereocenters. The van der Waals surface area contributed by atoms with Gasteiger partial charge in [-0.15, -0.1) is 0 Å². The molecule has 0 radical (unpaired) electrons. The maximum Gasteiger partial charge on any atom is 0.309 e. The molecule has 1 aromatic rings. The number of carbonyl (C=O) groups excluding carboxylic acids is 4. The van der Waals surface area contributed by atoms with E-state index >= 15 is 0 Å². The van der Waals surface area contributed by atoms with Crippen molar-refractivity contribution in [3.63, 3.8) is 0 Å². The molecule has 2 saturated heterocycles. The Hall–Kier alpha value is -2.90. The molecule has 2 fully saturated rings. The van der Waals surface area contributed by atoms with Crippen LogP contribution in [-0.2, 0) is 19.1 Å². The number of hydrogen-bond acceptors (Lipinski definition) is 5. The van der Waals surface area contributed by atoms with Gasteiger partial charge in [0.1, 0.15) is 12.1 Å². The first kappa shape index (κ1) is 22.3. The van der Waals surface area contributed by atoms with Gasteiger partial charge in [-0.3, -0.25) is 24.1 Å². The van der Waals surface area contributed by atoms with Crippen LogP contribution in [0, 0.1) is 5.92 Å². The minimum atomic E-state index is -0.738. The van der Waals surface area contributed by atoms with Gasteiger partial charge < -0.3 is 14.5 Å². The SMILES string of the molecule is CCOC(=O)C1CCN(C(=O)[C@@H](C)N2C(=O)[C@H]3CCCCN3C(=O)c3ccccc32)CC1. The standard InChI is InChI=1S/C24H31N3O5/c1-3-32-24(31)17-11-14-25(15-12-17)21(28)16(2)27-19-9-5-4-8-18(19)22(29)26-13-7-6-10-20(26)23(27)30/h4-5,8-9,16-17,20H,3,6-7,10-15H2,1-2H3/t16-,20-/m1/s1. The molecule has 4 rings (SSSR count). The molecular formula is C24H31N3O5. The van der Waals surface area contributed by atoms with E-state index in [4.69, 9.17) is 4.74 Å². The van der Waals surface area contributed by atoms with Gasteiger partial charge in [0.15, 0.2) is 0 Å². The molecule has 0 aromatic heterocycles. The Morgan fingerprint density at radius 2 is 1.78 bits per heavy atom. The highest BCUT2D eigenvalue weighted by Crippen LogP contribution is 2.33. The van der Waals surface area contributed by atoms with Gasteiger partial charge in [0.05, 0.1) is 23.8 Å². The van der Waals surface area contributed by atoms with Crippen molar-refractivity contribution in [2.24, 2.45) is 5.92 Å². The maximum atomic E-state index is 13.6. The number of esters is 1. The van der Waals surface area contributed by atoms with Crippen LogP contribution < -0.4 is 4.90 Å². The van der Waals surface area contributed by atoms with E-state index in [9.17, 15) is 19.2 Å². The maximum absolute atomic E-state index is 13.6. The molecule has 0 N–H and O–H groups in total. The number of hydrogen-bond donors (Lipinski definition) is 0. The fourth-order valence-electron chi connectivity index (χ4n) is 5.10. The van der Waals surface area contributed by atoms with E-state index in [1.807, 2.05) is 0 Å². The van der Waals surface area contributed by atoms with Gasteiger partial charge in [-0.1, -0.05) is 12.1 Å². The number of rotatable bonds is 4. The van der Waals surface area contributed by atoms with Crippen molar-refractivity contribution < 1.29 is 23.9 Å². The fraction of sp³-hybridized carbons (Fsp3) is 0.583. The number of para-hydroxylation sites is 1. The van der Waals surface area contributed by atoms with Gasteiger partial charge in [-0.2, -0.15) is 0 Å². The third-order valence-corrected chi connectivity index (χ3v) is 6.85. The van der Waals surface area contributed by atoms with Crippen LogP contribution in [0.1, 0.15) is 56.3 Å². The van der Waals surface area contributed by atoms with Gasteiger partial charge >= 0.3 is 5.97 Å². The normalized spacial score (nSPS) is 22.7. The zero-order valence-corrected chi connectivity index (χ0v) is 18.8. The predicted molar refractivity (Wildman–Crippen MR) is 118 cm³/mol. The van der Waals surface area contributed by atoms with E-state index < -0.39 is 12.1 Å². The van der Waals surface area contributed by atoms with Crippen LogP contribution in [0.2, 0.25) is 0 Å². The average Bonchev–Trinajstić information content (AvgIpc) is 2.92. The summed E-state index contributed by atoms with van der Waals surface area (Å²) in [4.78, 5) is 57.2. The number of nitrogens with zero attached hydrogens (tertiary/aromatic N) is 3. The summed E-state index contributed by atoms with van der Waals surface area (Å²) in [6.07, 6.45) is 3.48. The summed E-state index contributed by atoms with van der Waals surface area (Å²) in [5.74, 6) is -0.892. The molecule has 0 spiro atoms. The molecule has 0 saturated carbocycles. The number of anilines is 1. The van der Waals surface area contributed by atoms with Crippen molar-refractivity contribution in [2.75, 3.05) is 31.1 Å². The molecule has 8 heteroatoms. The Labute approximate surface area is 188 Å². The highest BCUT2D eigenvalue weighted by molar-refractivity contribution is 6.13. The van der Waals surface area contributed by atoms with Crippen molar-refractivity contribution in [3.05, 3.63) is 29.8 Å². The summed E-state index contributed by atoms with van der Waals surface area (Å²) >= 11 is 0. The molecule has 0 bridgehead atoms.